The quantitative estimate of drug-likeness (QED) is 0.798. The zero-order chi connectivity index (χ0) is 10.6. The van der Waals surface area contributed by atoms with Crippen molar-refractivity contribution in [2.75, 3.05) is 6.67 Å². The largest absolute Gasteiger partial charge is 0.485 e. The molecule has 14 heavy (non-hydrogen) atoms. The van der Waals surface area contributed by atoms with Gasteiger partial charge in [-0.1, -0.05) is 0 Å². The van der Waals surface area contributed by atoms with Crippen LogP contribution in [0, 0.1) is 0 Å². The lowest BCUT2D eigenvalue weighted by Crippen LogP contribution is -2.16. The van der Waals surface area contributed by atoms with Crippen LogP contribution in [0.25, 0.3) is 0 Å². The summed E-state index contributed by atoms with van der Waals surface area (Å²) in [7, 11) is 0. The number of hydrogen-bond acceptors (Lipinski definition) is 3. The van der Waals surface area contributed by atoms with Gasteiger partial charge in [0.25, 0.3) is 0 Å². The van der Waals surface area contributed by atoms with Crippen molar-refractivity contribution < 1.29 is 19.0 Å². The van der Waals surface area contributed by atoms with E-state index in [2.05, 4.69) is 4.98 Å². The van der Waals surface area contributed by atoms with Gasteiger partial charge in [-0.05, 0) is 19.1 Å². The minimum atomic E-state index is -1.19. The van der Waals surface area contributed by atoms with Crippen molar-refractivity contribution >= 4 is 5.97 Å². The van der Waals surface area contributed by atoms with Crippen LogP contribution in [-0.4, -0.2) is 28.8 Å². The number of carboxylic acids is 1. The fraction of sp³-hybridized carbons (Fsp3) is 0.333. The van der Waals surface area contributed by atoms with Gasteiger partial charge >= 0.3 is 5.97 Å². The number of alkyl halides is 1. The highest BCUT2D eigenvalue weighted by atomic mass is 19.1. The van der Waals surface area contributed by atoms with Gasteiger partial charge in [-0.2, -0.15) is 0 Å². The monoisotopic (exact) mass is 199 g/mol. The van der Waals surface area contributed by atoms with Crippen molar-refractivity contribution in [3.8, 4) is 5.75 Å². The van der Waals surface area contributed by atoms with Crippen molar-refractivity contribution in [1.29, 1.82) is 0 Å². The summed E-state index contributed by atoms with van der Waals surface area (Å²) < 4.78 is 17.1. The van der Waals surface area contributed by atoms with Gasteiger partial charge in [0.15, 0.2) is 11.4 Å². The number of rotatable bonds is 4. The van der Waals surface area contributed by atoms with Gasteiger partial charge in [0.2, 0.25) is 0 Å². The summed E-state index contributed by atoms with van der Waals surface area (Å²) in [5.74, 6) is -1.10. The second-order valence-electron chi connectivity index (χ2n) is 2.74. The summed E-state index contributed by atoms with van der Waals surface area (Å²) in [5, 5.41) is 8.71. The zero-order valence-corrected chi connectivity index (χ0v) is 7.61. The maximum absolute atomic E-state index is 12.1. The van der Waals surface area contributed by atoms with E-state index in [0.29, 0.717) is 0 Å². The van der Waals surface area contributed by atoms with Crippen LogP contribution in [0.1, 0.15) is 17.4 Å². The van der Waals surface area contributed by atoms with Gasteiger partial charge < -0.3 is 9.84 Å². The summed E-state index contributed by atoms with van der Waals surface area (Å²) in [4.78, 5) is 14.3. The Labute approximate surface area is 80.3 Å². The Hall–Kier alpha value is -1.65. The van der Waals surface area contributed by atoms with Crippen molar-refractivity contribution in [3.63, 3.8) is 0 Å². The standard InChI is InChI=1S/C9H10FNO3/c1-6(5-10)14-7-3-2-4-11-8(7)9(12)13/h2-4,6H,5H2,1H3,(H,12,13). The van der Waals surface area contributed by atoms with Crippen molar-refractivity contribution in [2.24, 2.45) is 0 Å². The molecule has 1 rings (SSSR count). The van der Waals surface area contributed by atoms with E-state index in [-0.39, 0.29) is 11.4 Å². The molecule has 0 aromatic carbocycles. The van der Waals surface area contributed by atoms with E-state index >= 15 is 0 Å². The molecule has 0 fully saturated rings. The summed E-state index contributed by atoms with van der Waals surface area (Å²) in [6, 6.07) is 2.98. The predicted molar refractivity (Wildman–Crippen MR) is 47.3 cm³/mol. The lowest BCUT2D eigenvalue weighted by atomic mass is 10.3. The molecule has 0 aliphatic heterocycles. The topological polar surface area (TPSA) is 59.4 Å². The molecule has 0 radical (unpaired) electrons. The molecule has 1 N–H and O–H groups in total. The molecule has 1 aromatic heterocycles. The first-order valence-corrected chi connectivity index (χ1v) is 4.06. The molecular formula is C9H10FNO3. The molecule has 0 spiro atoms. The Morgan fingerprint density at radius 1 is 1.79 bits per heavy atom. The number of pyridine rings is 1. The van der Waals surface area contributed by atoms with Gasteiger partial charge in [0.1, 0.15) is 12.8 Å². The molecule has 0 saturated carbocycles. The van der Waals surface area contributed by atoms with E-state index in [1.165, 1.54) is 25.3 Å². The second-order valence-corrected chi connectivity index (χ2v) is 2.74. The molecule has 0 aliphatic carbocycles. The molecule has 1 atom stereocenters. The second kappa shape index (κ2) is 4.55. The average Bonchev–Trinajstić information content (AvgIpc) is 2.18. The Balaban J connectivity index is 2.90. The van der Waals surface area contributed by atoms with Crippen molar-refractivity contribution in [1.82, 2.24) is 4.98 Å². The number of carbonyl (C=O) groups is 1. The predicted octanol–water partition coefficient (Wildman–Crippen LogP) is 1.52. The van der Waals surface area contributed by atoms with Gasteiger partial charge in [0.05, 0.1) is 0 Å². The molecule has 0 aliphatic rings. The van der Waals surface area contributed by atoms with E-state index < -0.39 is 18.7 Å². The lowest BCUT2D eigenvalue weighted by Gasteiger charge is -2.11. The van der Waals surface area contributed by atoms with Crippen LogP contribution < -0.4 is 4.74 Å². The molecule has 1 unspecified atom stereocenters. The SMILES string of the molecule is CC(CF)Oc1cccnc1C(=O)O. The first-order valence-electron chi connectivity index (χ1n) is 4.06. The maximum Gasteiger partial charge on any atom is 0.358 e. The third-order valence-electron chi connectivity index (χ3n) is 1.52. The van der Waals surface area contributed by atoms with Gasteiger partial charge in [0, 0.05) is 6.20 Å². The van der Waals surface area contributed by atoms with Crippen molar-refractivity contribution in [3.05, 3.63) is 24.0 Å². The van der Waals surface area contributed by atoms with E-state index in [9.17, 15) is 9.18 Å². The number of halogens is 1. The van der Waals surface area contributed by atoms with E-state index in [4.69, 9.17) is 9.84 Å². The van der Waals surface area contributed by atoms with E-state index in [1.54, 1.807) is 0 Å². The minimum Gasteiger partial charge on any atom is -0.485 e. The Kier molecular flexibility index (Phi) is 3.39. The van der Waals surface area contributed by atoms with Crippen LogP contribution >= 0.6 is 0 Å². The highest BCUT2D eigenvalue weighted by molar-refractivity contribution is 5.88. The van der Waals surface area contributed by atoms with Crippen LogP contribution in [0.4, 0.5) is 4.39 Å². The molecule has 76 valence electrons. The minimum absolute atomic E-state index is 0.0881. The van der Waals surface area contributed by atoms with Gasteiger partial charge in [-0.15, -0.1) is 0 Å². The summed E-state index contributed by atoms with van der Waals surface area (Å²) in [6.45, 7) is 0.840. The number of hydrogen-bond donors (Lipinski definition) is 1. The van der Waals surface area contributed by atoms with Crippen molar-refractivity contribution in [2.45, 2.75) is 13.0 Å². The molecule has 4 nitrogen and oxygen atoms in total. The average molecular weight is 199 g/mol. The number of aromatic nitrogens is 1. The van der Waals surface area contributed by atoms with Crippen LogP contribution in [0.5, 0.6) is 5.75 Å². The summed E-state index contributed by atoms with van der Waals surface area (Å²) in [6.07, 6.45) is 0.675. The summed E-state index contributed by atoms with van der Waals surface area (Å²) >= 11 is 0. The molecule has 1 heterocycles. The summed E-state index contributed by atoms with van der Waals surface area (Å²) in [5.41, 5.74) is -0.201. The fourth-order valence-electron chi connectivity index (χ4n) is 0.895. The van der Waals surface area contributed by atoms with E-state index in [1.807, 2.05) is 0 Å². The molecular weight excluding hydrogens is 189 g/mol. The third kappa shape index (κ3) is 2.42. The van der Waals surface area contributed by atoms with Crippen LogP contribution in [0.2, 0.25) is 0 Å². The number of ether oxygens (including phenoxy) is 1. The molecule has 0 bridgehead atoms. The smallest absolute Gasteiger partial charge is 0.358 e. The first kappa shape index (κ1) is 10.4. The third-order valence-corrected chi connectivity index (χ3v) is 1.52. The highest BCUT2D eigenvalue weighted by Gasteiger charge is 2.14. The Morgan fingerprint density at radius 2 is 2.50 bits per heavy atom. The van der Waals surface area contributed by atoms with E-state index in [0.717, 1.165) is 0 Å². The number of aromatic carboxylic acids is 1. The molecule has 0 saturated heterocycles. The van der Waals surface area contributed by atoms with Gasteiger partial charge in [-0.25, -0.2) is 14.2 Å². The van der Waals surface area contributed by atoms with Crippen LogP contribution in [-0.2, 0) is 0 Å². The first-order chi connectivity index (χ1) is 6.65. The molecule has 1 aromatic rings. The normalized spacial score (nSPS) is 12.1. The molecule has 5 heteroatoms. The molecule has 0 amide bonds. The van der Waals surface area contributed by atoms with Crippen LogP contribution in [0.15, 0.2) is 18.3 Å². The van der Waals surface area contributed by atoms with Gasteiger partial charge in [-0.3, -0.25) is 0 Å². The van der Waals surface area contributed by atoms with Crippen LogP contribution in [0.3, 0.4) is 0 Å². The lowest BCUT2D eigenvalue weighted by molar-refractivity contribution is 0.0681. The maximum atomic E-state index is 12.1. The number of carboxylic acid groups (broad SMARTS) is 1. The Bertz CT molecular complexity index is 330. The fourth-order valence-corrected chi connectivity index (χ4v) is 0.895. The highest BCUT2D eigenvalue weighted by Crippen LogP contribution is 2.16. The number of nitrogens with zero attached hydrogens (tertiary/aromatic N) is 1. The Morgan fingerprint density at radius 3 is 3.07 bits per heavy atom. The zero-order valence-electron chi connectivity index (χ0n) is 7.61.